The lowest BCUT2D eigenvalue weighted by Gasteiger charge is -2.12. The molecule has 0 aliphatic heterocycles. The molecule has 0 fully saturated rings. The van der Waals surface area contributed by atoms with Crippen LogP contribution < -0.4 is 11.1 Å². The van der Waals surface area contributed by atoms with Gasteiger partial charge in [0.2, 0.25) is 0 Å². The van der Waals surface area contributed by atoms with Crippen molar-refractivity contribution in [2.75, 3.05) is 5.32 Å². The number of nitrogens with two attached hydrogens (primary N) is 1. The number of hydrogen-bond acceptors (Lipinski definition) is 6. The van der Waals surface area contributed by atoms with Crippen molar-refractivity contribution in [3.05, 3.63) is 75.4 Å². The van der Waals surface area contributed by atoms with Crippen LogP contribution in [-0.4, -0.2) is 33.7 Å². The molecule has 0 saturated carbocycles. The summed E-state index contributed by atoms with van der Waals surface area (Å²) in [7, 11) is 0. The van der Waals surface area contributed by atoms with E-state index in [-0.39, 0.29) is 5.56 Å². The van der Waals surface area contributed by atoms with Crippen molar-refractivity contribution in [3.63, 3.8) is 0 Å². The number of carbonyl (C=O) groups is 3. The minimum Gasteiger partial charge on any atom is -0.449 e. The van der Waals surface area contributed by atoms with Crippen LogP contribution in [0.15, 0.2) is 41.8 Å². The monoisotopic (exact) mass is 466 g/mol. The number of primary amides is 1. The zero-order valence-corrected chi connectivity index (χ0v) is 19.7. The molecule has 3 N–H and O–H groups in total. The van der Waals surface area contributed by atoms with E-state index < -0.39 is 23.9 Å². The third kappa shape index (κ3) is 5.95. The zero-order valence-electron chi connectivity index (χ0n) is 18.9. The van der Waals surface area contributed by atoms with Crippen molar-refractivity contribution in [2.24, 2.45) is 5.73 Å². The van der Waals surface area contributed by atoms with Gasteiger partial charge in [-0.15, -0.1) is 11.3 Å². The highest BCUT2D eigenvalue weighted by molar-refractivity contribution is 7.14. The summed E-state index contributed by atoms with van der Waals surface area (Å²) in [6.45, 7) is 7.93. The summed E-state index contributed by atoms with van der Waals surface area (Å²) in [5, 5.41) is 9.09. The molecule has 2 heterocycles. The fraction of sp³-hybridized carbons (Fsp3) is 0.250. The van der Waals surface area contributed by atoms with Gasteiger partial charge in [0.1, 0.15) is 5.00 Å². The van der Waals surface area contributed by atoms with Gasteiger partial charge in [0.25, 0.3) is 11.8 Å². The van der Waals surface area contributed by atoms with E-state index in [9.17, 15) is 14.4 Å². The van der Waals surface area contributed by atoms with Crippen LogP contribution in [0.1, 0.15) is 45.4 Å². The van der Waals surface area contributed by atoms with E-state index in [1.54, 1.807) is 11.5 Å². The van der Waals surface area contributed by atoms with Crippen LogP contribution in [-0.2, 0) is 20.9 Å². The molecule has 0 spiro atoms. The van der Waals surface area contributed by atoms with Gasteiger partial charge in [0, 0.05) is 17.3 Å². The van der Waals surface area contributed by atoms with Gasteiger partial charge in [-0.25, -0.2) is 4.79 Å². The van der Waals surface area contributed by atoms with Gasteiger partial charge in [-0.05, 0) is 50.8 Å². The number of carbonyl (C=O) groups excluding carboxylic acids is 3. The van der Waals surface area contributed by atoms with Crippen LogP contribution in [0.4, 0.5) is 5.00 Å². The number of anilines is 1. The molecule has 2 aromatic heterocycles. The minimum atomic E-state index is -1.06. The van der Waals surface area contributed by atoms with Crippen LogP contribution in [0.3, 0.4) is 0 Å². The summed E-state index contributed by atoms with van der Waals surface area (Å²) in [6.07, 6.45) is 1.86. The van der Waals surface area contributed by atoms with Crippen molar-refractivity contribution in [2.45, 2.75) is 40.3 Å². The molecular weight excluding hydrogens is 440 g/mol. The van der Waals surface area contributed by atoms with E-state index in [2.05, 4.69) is 34.7 Å². The van der Waals surface area contributed by atoms with Crippen LogP contribution in [0.2, 0.25) is 0 Å². The summed E-state index contributed by atoms with van der Waals surface area (Å²) >= 11 is 1.16. The standard InChI is InChI=1S/C24H26N4O4S/c1-14-5-7-18(8-6-14)13-28-16(3)19(15(2)27-28)9-10-21(29)32-17(4)23(31)26-24-20(22(25)30)11-12-33-24/h5-12,17H,13H2,1-4H3,(H2,25,30)(H,26,31)/b10-9+. The molecule has 0 aliphatic rings. The Kier molecular flexibility index (Phi) is 7.44. The van der Waals surface area contributed by atoms with Crippen LogP contribution >= 0.6 is 11.3 Å². The predicted molar refractivity (Wildman–Crippen MR) is 128 cm³/mol. The largest absolute Gasteiger partial charge is 0.449 e. The van der Waals surface area contributed by atoms with Gasteiger partial charge >= 0.3 is 5.97 Å². The first-order valence-corrected chi connectivity index (χ1v) is 11.2. The fourth-order valence-electron chi connectivity index (χ4n) is 3.20. The predicted octanol–water partition coefficient (Wildman–Crippen LogP) is 3.60. The molecular formula is C24H26N4O4S. The number of aromatic nitrogens is 2. The Balaban J connectivity index is 1.62. The molecule has 1 unspecified atom stereocenters. The van der Waals surface area contributed by atoms with Crippen molar-refractivity contribution >= 4 is 40.2 Å². The molecule has 1 atom stereocenters. The summed E-state index contributed by atoms with van der Waals surface area (Å²) in [6, 6.07) is 9.76. The maximum absolute atomic E-state index is 12.3. The second kappa shape index (κ2) is 10.3. The van der Waals surface area contributed by atoms with Crippen molar-refractivity contribution in [3.8, 4) is 0 Å². The maximum Gasteiger partial charge on any atom is 0.331 e. The van der Waals surface area contributed by atoms with E-state index in [1.165, 1.54) is 24.6 Å². The number of esters is 1. The van der Waals surface area contributed by atoms with Gasteiger partial charge in [0.05, 0.1) is 17.8 Å². The van der Waals surface area contributed by atoms with Crippen molar-refractivity contribution in [1.29, 1.82) is 0 Å². The van der Waals surface area contributed by atoms with E-state index in [0.29, 0.717) is 11.5 Å². The highest BCUT2D eigenvalue weighted by Gasteiger charge is 2.20. The number of rotatable bonds is 8. The lowest BCUT2D eigenvalue weighted by Crippen LogP contribution is -2.29. The Labute approximate surface area is 196 Å². The first-order valence-electron chi connectivity index (χ1n) is 10.3. The van der Waals surface area contributed by atoms with Gasteiger partial charge in [-0.3, -0.25) is 14.3 Å². The van der Waals surface area contributed by atoms with E-state index in [0.717, 1.165) is 33.9 Å². The maximum atomic E-state index is 12.3. The third-order valence-electron chi connectivity index (χ3n) is 5.11. The molecule has 2 amide bonds. The third-order valence-corrected chi connectivity index (χ3v) is 5.94. The van der Waals surface area contributed by atoms with E-state index in [4.69, 9.17) is 10.5 Å². The summed E-state index contributed by atoms with van der Waals surface area (Å²) in [5.74, 6) is -1.86. The average Bonchev–Trinajstić information content (AvgIpc) is 3.32. The molecule has 1 aromatic carbocycles. The Morgan fingerprint density at radius 2 is 1.88 bits per heavy atom. The summed E-state index contributed by atoms with van der Waals surface area (Å²) in [4.78, 5) is 36.0. The van der Waals surface area contributed by atoms with Gasteiger partial charge in [-0.2, -0.15) is 5.10 Å². The number of benzene rings is 1. The Hall–Kier alpha value is -3.72. The molecule has 0 bridgehead atoms. The number of amides is 2. The normalized spacial score (nSPS) is 12.0. The average molecular weight is 467 g/mol. The summed E-state index contributed by atoms with van der Waals surface area (Å²) in [5.41, 5.74) is 10.3. The topological polar surface area (TPSA) is 116 Å². The van der Waals surface area contributed by atoms with E-state index in [1.807, 2.05) is 25.5 Å². The number of thiophene rings is 1. The first kappa shape index (κ1) is 23.9. The first-order chi connectivity index (χ1) is 15.7. The molecule has 9 heteroatoms. The molecule has 0 radical (unpaired) electrons. The molecule has 172 valence electrons. The van der Waals surface area contributed by atoms with Crippen molar-refractivity contribution < 1.29 is 19.1 Å². The molecule has 3 aromatic rings. The summed E-state index contributed by atoms with van der Waals surface area (Å²) < 4.78 is 7.09. The smallest absolute Gasteiger partial charge is 0.331 e. The Morgan fingerprint density at radius 3 is 2.55 bits per heavy atom. The SMILES string of the molecule is Cc1ccc(Cn2nc(C)c(/C=C/C(=O)OC(C)C(=O)Nc3sccc3C(N)=O)c2C)cc1. The number of nitrogens with one attached hydrogen (secondary N) is 1. The highest BCUT2D eigenvalue weighted by atomic mass is 32.1. The van der Waals surface area contributed by atoms with Crippen LogP contribution in [0, 0.1) is 20.8 Å². The number of nitrogens with zero attached hydrogens (tertiary/aromatic N) is 2. The highest BCUT2D eigenvalue weighted by Crippen LogP contribution is 2.23. The van der Waals surface area contributed by atoms with Crippen LogP contribution in [0.5, 0.6) is 0 Å². The quantitative estimate of drug-likeness (QED) is 0.389. The molecule has 0 aliphatic carbocycles. The second-order valence-corrected chi connectivity index (χ2v) is 8.57. The second-order valence-electron chi connectivity index (χ2n) is 7.66. The Morgan fingerprint density at radius 1 is 1.18 bits per heavy atom. The van der Waals surface area contributed by atoms with E-state index >= 15 is 0 Å². The lowest BCUT2D eigenvalue weighted by molar-refractivity contribution is -0.148. The number of hydrogen-bond donors (Lipinski definition) is 2. The molecule has 0 saturated heterocycles. The van der Waals surface area contributed by atoms with Gasteiger partial charge in [-0.1, -0.05) is 29.8 Å². The van der Waals surface area contributed by atoms with Gasteiger partial charge in [0.15, 0.2) is 6.10 Å². The Bertz CT molecular complexity index is 1210. The van der Waals surface area contributed by atoms with Crippen LogP contribution in [0.25, 0.3) is 6.08 Å². The molecule has 8 nitrogen and oxygen atoms in total. The lowest BCUT2D eigenvalue weighted by atomic mass is 10.1. The molecule has 3 rings (SSSR count). The zero-order chi connectivity index (χ0) is 24.1. The van der Waals surface area contributed by atoms with Crippen molar-refractivity contribution in [1.82, 2.24) is 9.78 Å². The molecule has 33 heavy (non-hydrogen) atoms. The fourth-order valence-corrected chi connectivity index (χ4v) is 4.00. The number of ether oxygens (including phenoxy) is 1. The number of aryl methyl sites for hydroxylation is 2. The minimum absolute atomic E-state index is 0.209. The van der Waals surface area contributed by atoms with Gasteiger partial charge < -0.3 is 15.8 Å².